The fourth-order valence-corrected chi connectivity index (χ4v) is 2.57. The molecule has 0 amide bonds. The number of hydrogen-bond acceptors (Lipinski definition) is 6. The largest absolute Gasteiger partial charge is 2.00 e. The van der Waals surface area contributed by atoms with Crippen LogP contribution < -0.4 is 0 Å². The van der Waals surface area contributed by atoms with E-state index >= 15 is 0 Å². The summed E-state index contributed by atoms with van der Waals surface area (Å²) in [5.41, 5.74) is 0. The average Bonchev–Trinajstić information content (AvgIpc) is 3.63. The first-order valence-corrected chi connectivity index (χ1v) is 9.01. The molecule has 0 bridgehead atoms. The van der Waals surface area contributed by atoms with E-state index in [1.165, 1.54) is 12.5 Å². The monoisotopic (exact) mass is 533 g/mol. The van der Waals surface area contributed by atoms with Crippen LogP contribution >= 0.6 is 0 Å². The van der Waals surface area contributed by atoms with E-state index < -0.39 is 12.2 Å². The van der Waals surface area contributed by atoms with Crippen LogP contribution in [-0.2, 0) is 39.9 Å². The minimum absolute atomic E-state index is 0. The summed E-state index contributed by atoms with van der Waals surface area (Å²) in [5.74, 6) is -0.229. The van der Waals surface area contributed by atoms with Gasteiger partial charge in [0.05, 0.1) is 6.10 Å². The van der Waals surface area contributed by atoms with E-state index in [4.69, 9.17) is 14.0 Å². The van der Waals surface area contributed by atoms with Crippen LogP contribution in [0, 0.1) is 32.2 Å². The maximum Gasteiger partial charge on any atom is 2.00 e. The molecule has 4 radical (unpaired) electrons. The molecular formula is C20H20BMoN6O5+. The van der Waals surface area contributed by atoms with Gasteiger partial charge in [-0.25, -0.2) is 15.3 Å². The SMILES string of the molecule is C=C[C@@H](O)[C@@H]1O[C](C)[CH][CH]C1=O.[C-]#[O+].[C-]#[O+].[Mo+2].c1cnn([B-](n2cccn2)n2cccn2)c1. The van der Waals surface area contributed by atoms with Gasteiger partial charge in [-0.2, -0.15) is 0 Å². The predicted molar refractivity (Wildman–Crippen MR) is 110 cm³/mol. The van der Waals surface area contributed by atoms with E-state index in [2.05, 4.69) is 35.2 Å². The van der Waals surface area contributed by atoms with E-state index in [1.54, 1.807) is 45.7 Å². The fourth-order valence-electron chi connectivity index (χ4n) is 2.57. The first-order valence-electron chi connectivity index (χ1n) is 9.01. The Hall–Kier alpha value is -2.81. The third-order valence-corrected chi connectivity index (χ3v) is 3.91. The number of carbonyl (C=O) groups is 1. The van der Waals surface area contributed by atoms with Crippen LogP contribution in [0.2, 0.25) is 0 Å². The number of aromatic nitrogens is 6. The number of hydrogen-bond donors (Lipinski definition) is 1. The molecule has 1 fully saturated rings. The second-order valence-electron chi connectivity index (χ2n) is 5.92. The molecule has 168 valence electrons. The van der Waals surface area contributed by atoms with Crippen molar-refractivity contribution in [2.45, 2.75) is 19.1 Å². The number of aliphatic hydroxyl groups is 1. The number of nitrogens with zero attached hydrogens (tertiary/aromatic N) is 6. The van der Waals surface area contributed by atoms with Gasteiger partial charge in [-0.05, 0) is 43.7 Å². The Bertz CT molecular complexity index is 859. The smallest absolute Gasteiger partial charge is 0.425 e. The zero-order valence-corrected chi connectivity index (χ0v) is 19.5. The first-order chi connectivity index (χ1) is 15.6. The van der Waals surface area contributed by atoms with Crippen LogP contribution in [0.1, 0.15) is 6.92 Å². The van der Waals surface area contributed by atoms with Crippen LogP contribution in [-0.4, -0.2) is 59.3 Å². The van der Waals surface area contributed by atoms with Crippen molar-refractivity contribution in [1.29, 1.82) is 0 Å². The molecule has 0 unspecified atom stereocenters. The van der Waals surface area contributed by atoms with Gasteiger partial charge in [0.2, 0.25) is 0 Å². The van der Waals surface area contributed by atoms with Gasteiger partial charge in [0, 0.05) is 31.4 Å². The van der Waals surface area contributed by atoms with Gasteiger partial charge in [-0.15, -0.1) is 6.58 Å². The number of Topliss-reactive ketones (excluding diaryl/α,β-unsaturated/α-hetero) is 1. The summed E-state index contributed by atoms with van der Waals surface area (Å²) in [4.78, 5) is 11.1. The van der Waals surface area contributed by atoms with E-state index in [0.717, 1.165) is 0 Å². The molecule has 33 heavy (non-hydrogen) atoms. The summed E-state index contributed by atoms with van der Waals surface area (Å²) in [6.45, 7) is 14.1. The Labute approximate surface area is 206 Å². The summed E-state index contributed by atoms with van der Waals surface area (Å²) < 4.78 is 25.5. The van der Waals surface area contributed by atoms with Crippen molar-refractivity contribution in [2.75, 3.05) is 0 Å². The third-order valence-electron chi connectivity index (χ3n) is 3.91. The van der Waals surface area contributed by atoms with Gasteiger partial charge in [-0.1, -0.05) is 6.08 Å². The van der Waals surface area contributed by atoms with Crippen molar-refractivity contribution in [3.63, 3.8) is 0 Å². The van der Waals surface area contributed by atoms with Crippen molar-refractivity contribution < 1.29 is 45.0 Å². The summed E-state index contributed by atoms with van der Waals surface area (Å²) >= 11 is 0. The molecule has 3 aromatic heterocycles. The predicted octanol–water partition coefficient (Wildman–Crippen LogP) is 0.590. The number of ketones is 1. The Morgan fingerprint density at radius 3 is 1.79 bits per heavy atom. The Kier molecular flexibility index (Phi) is 15.3. The molecule has 0 aliphatic carbocycles. The third kappa shape index (κ3) is 8.92. The maximum atomic E-state index is 11.1. The number of rotatable bonds is 5. The fraction of sp³-hybridized carbons (Fsp3) is 0.150. The first kappa shape index (κ1) is 30.2. The average molecular weight is 531 g/mol. The molecule has 3 aromatic rings. The van der Waals surface area contributed by atoms with Crippen molar-refractivity contribution in [3.8, 4) is 0 Å². The summed E-state index contributed by atoms with van der Waals surface area (Å²) in [5, 5.41) is 21.9. The molecule has 0 aromatic carbocycles. The molecular weight excluding hydrogens is 511 g/mol. The van der Waals surface area contributed by atoms with Crippen LogP contribution in [0.5, 0.6) is 0 Å². The van der Waals surface area contributed by atoms with Crippen LogP contribution in [0.15, 0.2) is 68.0 Å². The van der Waals surface area contributed by atoms with E-state index in [0.29, 0.717) is 6.10 Å². The second-order valence-corrected chi connectivity index (χ2v) is 5.92. The van der Waals surface area contributed by atoms with Crippen LogP contribution in [0.3, 0.4) is 0 Å². The molecule has 0 saturated carbocycles. The molecule has 0 spiro atoms. The van der Waals surface area contributed by atoms with Crippen molar-refractivity contribution in [1.82, 2.24) is 29.1 Å². The van der Waals surface area contributed by atoms with Gasteiger partial charge in [0.25, 0.3) is 7.12 Å². The number of carbonyl (C=O) groups excluding carboxylic acids is 1. The van der Waals surface area contributed by atoms with Crippen molar-refractivity contribution in [2.24, 2.45) is 0 Å². The normalized spacial score (nSPS) is 15.8. The van der Waals surface area contributed by atoms with Gasteiger partial charge in [0.1, 0.15) is 12.2 Å². The van der Waals surface area contributed by atoms with Crippen molar-refractivity contribution >= 4 is 12.9 Å². The van der Waals surface area contributed by atoms with E-state index in [9.17, 15) is 9.90 Å². The molecule has 13 heteroatoms. The molecule has 1 saturated heterocycles. The maximum absolute atomic E-state index is 11.1. The van der Waals surface area contributed by atoms with Gasteiger partial charge < -0.3 is 23.6 Å². The molecule has 1 N–H and O–H groups in total. The minimum atomic E-state index is -0.933. The van der Waals surface area contributed by atoms with Crippen LogP contribution in [0.4, 0.5) is 0 Å². The molecule has 4 heterocycles. The molecule has 2 atom stereocenters. The Balaban J connectivity index is 0.000000542. The van der Waals surface area contributed by atoms with E-state index in [1.807, 2.05) is 36.8 Å². The second kappa shape index (κ2) is 16.8. The zero-order chi connectivity index (χ0) is 23.9. The quantitative estimate of drug-likeness (QED) is 0.221. The summed E-state index contributed by atoms with van der Waals surface area (Å²) in [6.07, 6.45) is 14.0. The van der Waals surface area contributed by atoms with E-state index in [-0.39, 0.29) is 34.0 Å². The Morgan fingerprint density at radius 2 is 1.45 bits per heavy atom. The minimum Gasteiger partial charge on any atom is -0.425 e. The summed E-state index contributed by atoms with van der Waals surface area (Å²) in [6, 6.07) is 5.62. The number of aliphatic hydroxyl groups excluding tert-OH is 1. The Morgan fingerprint density at radius 1 is 1.03 bits per heavy atom. The topological polar surface area (TPSA) is 140 Å². The standard InChI is InChI=1S/C9H9BN6.C9H11O3.2CO.Mo/c1-4-11-14(7-1)10(15-8-2-5-12-15)16-9-3-6-13-16;1-3-7(10)9-8(11)5-4-6(2)12-9;2*1-2;/h1-9H;3-5,7,9-10H,1H2,2H3;;;/q-1;;;;+2/t;7-,9+;;;/m.1.../s1. The van der Waals surface area contributed by atoms with Crippen molar-refractivity contribution in [3.05, 3.63) is 100 Å². The summed E-state index contributed by atoms with van der Waals surface area (Å²) in [7, 11) is -0.194. The van der Waals surface area contributed by atoms with Gasteiger partial charge in [0.15, 0.2) is 5.78 Å². The molecule has 1 aliphatic rings. The molecule has 11 nitrogen and oxygen atoms in total. The molecule has 4 rings (SSSR count). The number of ether oxygens (including phenoxy) is 1. The molecule has 1 aliphatic heterocycles. The van der Waals surface area contributed by atoms with Gasteiger partial charge >= 0.3 is 43.7 Å². The zero-order valence-electron chi connectivity index (χ0n) is 17.5. The van der Waals surface area contributed by atoms with Crippen LogP contribution in [0.25, 0.3) is 0 Å². The van der Waals surface area contributed by atoms with Gasteiger partial charge in [-0.3, -0.25) is 4.79 Å².